The standard InChI is InChI=1S/C15H27NO6/c1-6-20-10-11(17)8-9-12(13(18)21-7-2)16-14(19)22-15(3,4)5/h12H,6-10H2,1-5H3,(H,16,19)/t12-/m0/s1. The number of hydrogen-bond donors (Lipinski definition) is 1. The second kappa shape index (κ2) is 10.2. The van der Waals surface area contributed by atoms with E-state index in [0.717, 1.165) is 0 Å². The molecule has 0 aliphatic carbocycles. The van der Waals surface area contributed by atoms with E-state index in [4.69, 9.17) is 14.2 Å². The highest BCUT2D eigenvalue weighted by molar-refractivity contribution is 5.84. The van der Waals surface area contributed by atoms with Crippen molar-refractivity contribution in [1.82, 2.24) is 5.32 Å². The molecule has 0 aromatic rings. The van der Waals surface area contributed by atoms with Crippen LogP contribution >= 0.6 is 0 Å². The Kier molecular flexibility index (Phi) is 9.40. The Bertz CT molecular complexity index is 375. The van der Waals surface area contributed by atoms with Crippen LogP contribution in [-0.4, -0.2) is 49.3 Å². The van der Waals surface area contributed by atoms with Crippen molar-refractivity contribution >= 4 is 17.8 Å². The van der Waals surface area contributed by atoms with Gasteiger partial charge in [0.2, 0.25) is 0 Å². The third-order valence-corrected chi connectivity index (χ3v) is 2.44. The van der Waals surface area contributed by atoms with Crippen molar-refractivity contribution in [3.05, 3.63) is 0 Å². The molecule has 0 aliphatic heterocycles. The molecule has 7 nitrogen and oxygen atoms in total. The summed E-state index contributed by atoms with van der Waals surface area (Å²) in [5.41, 5.74) is -0.673. The number of rotatable bonds is 9. The molecule has 0 fully saturated rings. The van der Waals surface area contributed by atoms with Crippen molar-refractivity contribution in [2.45, 2.75) is 59.1 Å². The predicted octanol–water partition coefficient (Wildman–Crippen LogP) is 1.83. The summed E-state index contributed by atoms with van der Waals surface area (Å²) in [4.78, 5) is 35.2. The summed E-state index contributed by atoms with van der Waals surface area (Å²) in [5.74, 6) is -0.722. The molecule has 1 atom stereocenters. The van der Waals surface area contributed by atoms with E-state index in [9.17, 15) is 14.4 Å². The van der Waals surface area contributed by atoms with Crippen molar-refractivity contribution in [1.29, 1.82) is 0 Å². The number of hydrogen-bond acceptors (Lipinski definition) is 6. The summed E-state index contributed by atoms with van der Waals surface area (Å²) in [7, 11) is 0. The van der Waals surface area contributed by atoms with Crippen LogP contribution in [0.3, 0.4) is 0 Å². The smallest absolute Gasteiger partial charge is 0.408 e. The van der Waals surface area contributed by atoms with E-state index in [1.54, 1.807) is 34.6 Å². The van der Waals surface area contributed by atoms with Gasteiger partial charge in [0.1, 0.15) is 18.2 Å². The van der Waals surface area contributed by atoms with E-state index in [-0.39, 0.29) is 31.8 Å². The van der Waals surface area contributed by atoms with E-state index in [2.05, 4.69) is 5.32 Å². The Morgan fingerprint density at radius 2 is 1.73 bits per heavy atom. The van der Waals surface area contributed by atoms with Gasteiger partial charge in [-0.15, -0.1) is 0 Å². The maximum absolute atomic E-state index is 11.8. The minimum atomic E-state index is -0.916. The largest absolute Gasteiger partial charge is 0.464 e. The van der Waals surface area contributed by atoms with Crippen molar-refractivity contribution < 1.29 is 28.6 Å². The Labute approximate surface area is 131 Å². The van der Waals surface area contributed by atoms with Gasteiger partial charge in [-0.1, -0.05) is 0 Å². The van der Waals surface area contributed by atoms with Gasteiger partial charge in [-0.2, -0.15) is 0 Å². The van der Waals surface area contributed by atoms with Crippen molar-refractivity contribution in [2.24, 2.45) is 0 Å². The van der Waals surface area contributed by atoms with Gasteiger partial charge in [-0.05, 0) is 41.0 Å². The van der Waals surface area contributed by atoms with Crippen LogP contribution in [-0.2, 0) is 23.8 Å². The lowest BCUT2D eigenvalue weighted by molar-refractivity contribution is -0.146. The average molecular weight is 317 g/mol. The number of esters is 1. The number of carbonyl (C=O) groups excluding carboxylic acids is 3. The molecule has 0 rings (SSSR count). The summed E-state index contributed by atoms with van der Waals surface area (Å²) >= 11 is 0. The lowest BCUT2D eigenvalue weighted by atomic mass is 10.1. The zero-order chi connectivity index (χ0) is 17.2. The van der Waals surface area contributed by atoms with Crippen LogP contribution in [0.2, 0.25) is 0 Å². The van der Waals surface area contributed by atoms with Crippen LogP contribution in [0, 0.1) is 0 Å². The van der Waals surface area contributed by atoms with Crippen LogP contribution in [0.15, 0.2) is 0 Å². The quantitative estimate of drug-likeness (QED) is 0.652. The number of carbonyl (C=O) groups is 3. The molecule has 0 spiro atoms. The van der Waals surface area contributed by atoms with Crippen LogP contribution in [0.25, 0.3) is 0 Å². The monoisotopic (exact) mass is 317 g/mol. The van der Waals surface area contributed by atoms with Gasteiger partial charge in [0.25, 0.3) is 0 Å². The fourth-order valence-electron chi connectivity index (χ4n) is 1.54. The second-order valence-electron chi connectivity index (χ2n) is 5.67. The summed E-state index contributed by atoms with van der Waals surface area (Å²) in [5, 5.41) is 2.44. The molecule has 0 bridgehead atoms. The average Bonchev–Trinajstić information content (AvgIpc) is 2.39. The molecule has 0 saturated carbocycles. The molecule has 0 aromatic heterocycles. The third-order valence-electron chi connectivity index (χ3n) is 2.44. The Balaban J connectivity index is 4.53. The fraction of sp³-hybridized carbons (Fsp3) is 0.800. The summed E-state index contributed by atoms with van der Waals surface area (Å²) < 4.78 is 15.0. The highest BCUT2D eigenvalue weighted by Gasteiger charge is 2.25. The van der Waals surface area contributed by atoms with Gasteiger partial charge in [0, 0.05) is 13.0 Å². The first-order valence-corrected chi connectivity index (χ1v) is 7.45. The Morgan fingerprint density at radius 3 is 2.23 bits per heavy atom. The van der Waals surface area contributed by atoms with Crippen molar-refractivity contribution in [3.63, 3.8) is 0 Å². The van der Waals surface area contributed by atoms with Gasteiger partial charge in [0.15, 0.2) is 5.78 Å². The van der Waals surface area contributed by atoms with E-state index in [1.165, 1.54) is 0 Å². The maximum Gasteiger partial charge on any atom is 0.408 e. The van der Waals surface area contributed by atoms with Gasteiger partial charge in [-0.3, -0.25) is 4.79 Å². The molecule has 7 heteroatoms. The number of Topliss-reactive ketones (excluding diaryl/α,β-unsaturated/α-hetero) is 1. The number of ketones is 1. The van der Waals surface area contributed by atoms with Gasteiger partial charge in [0.05, 0.1) is 6.61 Å². The van der Waals surface area contributed by atoms with Crippen molar-refractivity contribution in [2.75, 3.05) is 19.8 Å². The molecular formula is C15H27NO6. The van der Waals surface area contributed by atoms with Crippen molar-refractivity contribution in [3.8, 4) is 0 Å². The lowest BCUT2D eigenvalue weighted by Crippen LogP contribution is -2.44. The van der Waals surface area contributed by atoms with Crippen LogP contribution in [0.5, 0.6) is 0 Å². The lowest BCUT2D eigenvalue weighted by Gasteiger charge is -2.22. The molecule has 0 radical (unpaired) electrons. The topological polar surface area (TPSA) is 90.9 Å². The van der Waals surface area contributed by atoms with E-state index in [0.29, 0.717) is 6.61 Å². The first-order valence-electron chi connectivity index (χ1n) is 7.45. The molecule has 1 N–H and O–H groups in total. The molecule has 1 amide bonds. The summed E-state index contributed by atoms with van der Waals surface area (Å²) in [6, 6.07) is -0.916. The van der Waals surface area contributed by atoms with E-state index < -0.39 is 23.7 Å². The molecule has 0 aromatic carbocycles. The van der Waals surface area contributed by atoms with Gasteiger partial charge >= 0.3 is 12.1 Å². The maximum atomic E-state index is 11.8. The first kappa shape index (κ1) is 20.4. The van der Waals surface area contributed by atoms with Crippen LogP contribution in [0.1, 0.15) is 47.5 Å². The molecule has 22 heavy (non-hydrogen) atoms. The minimum Gasteiger partial charge on any atom is -0.464 e. The molecule has 0 unspecified atom stereocenters. The van der Waals surface area contributed by atoms with Gasteiger partial charge < -0.3 is 19.5 Å². The zero-order valence-electron chi connectivity index (χ0n) is 14.1. The molecule has 128 valence electrons. The highest BCUT2D eigenvalue weighted by Crippen LogP contribution is 2.08. The summed E-state index contributed by atoms with van der Waals surface area (Å²) in [6.07, 6.45) is -0.466. The molecular weight excluding hydrogens is 290 g/mol. The van der Waals surface area contributed by atoms with Gasteiger partial charge in [-0.25, -0.2) is 9.59 Å². The highest BCUT2D eigenvalue weighted by atomic mass is 16.6. The number of ether oxygens (including phenoxy) is 3. The minimum absolute atomic E-state index is 0.00151. The molecule has 0 aliphatic rings. The number of amides is 1. The number of alkyl carbamates (subject to hydrolysis) is 1. The number of nitrogens with one attached hydrogen (secondary N) is 1. The van der Waals surface area contributed by atoms with E-state index in [1.807, 2.05) is 0 Å². The molecule has 0 saturated heterocycles. The van der Waals surface area contributed by atoms with Crippen LogP contribution in [0.4, 0.5) is 4.79 Å². The SMILES string of the molecule is CCOCC(=O)CC[C@H](NC(=O)OC(C)(C)C)C(=O)OCC. The first-order chi connectivity index (χ1) is 10.2. The summed E-state index contributed by atoms with van der Waals surface area (Å²) in [6.45, 7) is 9.26. The molecule has 0 heterocycles. The third kappa shape index (κ3) is 10.1. The Hall–Kier alpha value is -1.63. The second-order valence-corrected chi connectivity index (χ2v) is 5.67. The predicted molar refractivity (Wildman–Crippen MR) is 80.5 cm³/mol. The zero-order valence-corrected chi connectivity index (χ0v) is 14.1. The van der Waals surface area contributed by atoms with Crippen LogP contribution < -0.4 is 5.32 Å². The van der Waals surface area contributed by atoms with E-state index >= 15 is 0 Å². The normalized spacial score (nSPS) is 12.4. The fourth-order valence-corrected chi connectivity index (χ4v) is 1.54. The Morgan fingerprint density at radius 1 is 1.09 bits per heavy atom.